The van der Waals surface area contributed by atoms with Crippen LogP contribution in [-0.2, 0) is 6.42 Å². The Morgan fingerprint density at radius 2 is 2.24 bits per heavy atom. The maximum Gasteiger partial charge on any atom is 0.131 e. The third-order valence-electron chi connectivity index (χ3n) is 3.82. The van der Waals surface area contributed by atoms with Crippen molar-refractivity contribution >= 4 is 11.3 Å². The first-order valence-electron chi connectivity index (χ1n) is 7.20. The van der Waals surface area contributed by atoms with Gasteiger partial charge in [-0.25, -0.2) is 4.98 Å². The molecule has 5 heteroatoms. The molecule has 1 saturated heterocycles. The van der Waals surface area contributed by atoms with Crippen molar-refractivity contribution in [1.82, 2.24) is 10.3 Å². The minimum absolute atomic E-state index is 0.585. The normalized spacial score (nSPS) is 17.9. The highest BCUT2D eigenvalue weighted by molar-refractivity contribution is 7.09. The van der Waals surface area contributed by atoms with E-state index in [9.17, 15) is 0 Å². The predicted molar refractivity (Wildman–Crippen MR) is 85.4 cm³/mol. The van der Waals surface area contributed by atoms with Crippen molar-refractivity contribution in [2.75, 3.05) is 20.8 Å². The third kappa shape index (κ3) is 3.19. The summed E-state index contributed by atoms with van der Waals surface area (Å²) in [6.45, 7) is 1.13. The third-order valence-corrected chi connectivity index (χ3v) is 4.69. The van der Waals surface area contributed by atoms with Gasteiger partial charge < -0.3 is 14.8 Å². The number of hydrogen-bond acceptors (Lipinski definition) is 5. The number of methoxy groups -OCH3 is 2. The summed E-state index contributed by atoms with van der Waals surface area (Å²) in [5.41, 5.74) is 1.99. The maximum atomic E-state index is 5.46. The van der Waals surface area contributed by atoms with Gasteiger partial charge in [0.15, 0.2) is 0 Å². The van der Waals surface area contributed by atoms with Crippen LogP contribution in [0.4, 0.5) is 0 Å². The van der Waals surface area contributed by atoms with Crippen LogP contribution < -0.4 is 14.8 Å². The minimum atomic E-state index is 0.585. The van der Waals surface area contributed by atoms with Crippen LogP contribution in [0.5, 0.6) is 11.5 Å². The monoisotopic (exact) mass is 304 g/mol. The fourth-order valence-electron chi connectivity index (χ4n) is 2.68. The fraction of sp³-hybridized carbons (Fsp3) is 0.438. The topological polar surface area (TPSA) is 43.4 Å². The molecule has 1 aliphatic rings. The number of nitrogens with zero attached hydrogens (tertiary/aromatic N) is 1. The summed E-state index contributed by atoms with van der Waals surface area (Å²) >= 11 is 1.72. The van der Waals surface area contributed by atoms with Crippen molar-refractivity contribution in [1.29, 1.82) is 0 Å². The van der Waals surface area contributed by atoms with E-state index in [-0.39, 0.29) is 0 Å². The second-order valence-corrected chi connectivity index (χ2v) is 6.13. The summed E-state index contributed by atoms with van der Waals surface area (Å²) in [5.74, 6) is 1.59. The molecule has 2 heterocycles. The molecule has 3 rings (SSSR count). The largest absolute Gasteiger partial charge is 0.497 e. The van der Waals surface area contributed by atoms with Gasteiger partial charge in [0.25, 0.3) is 0 Å². The van der Waals surface area contributed by atoms with E-state index in [0.29, 0.717) is 6.04 Å². The summed E-state index contributed by atoms with van der Waals surface area (Å²) in [6.07, 6.45) is 3.54. The standard InChI is InChI=1S/C16H20N2O2S/c1-19-12-5-6-13(15(9-12)20-2)14-10-21-16(18-14)8-11-4-3-7-17-11/h5-6,9-11,17H,3-4,7-8H2,1-2H3. The number of hydrogen-bond donors (Lipinski definition) is 1. The molecule has 0 spiro atoms. The number of benzene rings is 1. The van der Waals surface area contributed by atoms with Gasteiger partial charge in [-0.1, -0.05) is 0 Å². The Hall–Kier alpha value is -1.59. The molecule has 2 aromatic rings. The average molecular weight is 304 g/mol. The van der Waals surface area contributed by atoms with Crippen molar-refractivity contribution in [2.24, 2.45) is 0 Å². The number of aromatic nitrogens is 1. The van der Waals surface area contributed by atoms with Gasteiger partial charge in [0.1, 0.15) is 11.5 Å². The van der Waals surface area contributed by atoms with Crippen LogP contribution in [0, 0.1) is 0 Å². The van der Waals surface area contributed by atoms with Crippen LogP contribution in [0.25, 0.3) is 11.3 Å². The van der Waals surface area contributed by atoms with Crippen molar-refractivity contribution in [3.8, 4) is 22.8 Å². The lowest BCUT2D eigenvalue weighted by Gasteiger charge is -2.09. The van der Waals surface area contributed by atoms with Gasteiger partial charge in [-0.05, 0) is 31.5 Å². The van der Waals surface area contributed by atoms with Crippen LogP contribution >= 0.6 is 11.3 Å². The molecule has 1 fully saturated rings. The molecular formula is C16H20N2O2S. The van der Waals surface area contributed by atoms with Gasteiger partial charge in [0.05, 0.1) is 24.9 Å². The van der Waals surface area contributed by atoms with E-state index >= 15 is 0 Å². The molecule has 112 valence electrons. The van der Waals surface area contributed by atoms with Crippen molar-refractivity contribution in [3.05, 3.63) is 28.6 Å². The molecule has 0 saturated carbocycles. The molecule has 0 amide bonds. The Bertz CT molecular complexity index is 606. The van der Waals surface area contributed by atoms with E-state index < -0.39 is 0 Å². The average Bonchev–Trinajstić information content (AvgIpc) is 3.19. The van der Waals surface area contributed by atoms with Gasteiger partial charge in [0.2, 0.25) is 0 Å². The summed E-state index contributed by atoms with van der Waals surface area (Å²) < 4.78 is 10.7. The number of thiazole rings is 1. The summed E-state index contributed by atoms with van der Waals surface area (Å²) in [5, 5.41) is 6.81. The van der Waals surface area contributed by atoms with E-state index in [1.54, 1.807) is 25.6 Å². The quantitative estimate of drug-likeness (QED) is 0.921. The SMILES string of the molecule is COc1ccc(-c2csc(CC3CCCN3)n2)c(OC)c1. The zero-order valence-electron chi connectivity index (χ0n) is 12.4. The van der Waals surface area contributed by atoms with Gasteiger partial charge >= 0.3 is 0 Å². The highest BCUT2D eigenvalue weighted by Crippen LogP contribution is 2.34. The molecule has 0 aliphatic carbocycles. The molecule has 1 atom stereocenters. The molecule has 0 radical (unpaired) electrons. The van der Waals surface area contributed by atoms with Crippen molar-refractivity contribution in [2.45, 2.75) is 25.3 Å². The second kappa shape index (κ2) is 6.45. The number of nitrogens with one attached hydrogen (secondary N) is 1. The molecule has 1 aliphatic heterocycles. The Morgan fingerprint density at radius 3 is 2.95 bits per heavy atom. The van der Waals surface area contributed by atoms with E-state index in [4.69, 9.17) is 14.5 Å². The highest BCUT2D eigenvalue weighted by atomic mass is 32.1. The molecular weight excluding hydrogens is 284 g/mol. The molecule has 0 bridgehead atoms. The van der Waals surface area contributed by atoms with Crippen LogP contribution in [0.15, 0.2) is 23.6 Å². The summed E-state index contributed by atoms with van der Waals surface area (Å²) in [6, 6.07) is 6.42. The van der Waals surface area contributed by atoms with Crippen molar-refractivity contribution in [3.63, 3.8) is 0 Å². The first-order valence-corrected chi connectivity index (χ1v) is 8.08. The molecule has 1 aromatic carbocycles. The minimum Gasteiger partial charge on any atom is -0.497 e. The van der Waals surface area contributed by atoms with Gasteiger partial charge in [-0.15, -0.1) is 11.3 Å². The van der Waals surface area contributed by atoms with E-state index in [1.807, 2.05) is 18.2 Å². The van der Waals surface area contributed by atoms with Gasteiger partial charge in [0, 0.05) is 29.5 Å². The van der Waals surface area contributed by atoms with Gasteiger partial charge in [-0.2, -0.15) is 0 Å². The predicted octanol–water partition coefficient (Wildman–Crippen LogP) is 3.12. The number of ether oxygens (including phenoxy) is 2. The molecule has 1 aromatic heterocycles. The molecule has 1 unspecified atom stereocenters. The first-order chi connectivity index (χ1) is 10.3. The van der Waals surface area contributed by atoms with Crippen LogP contribution in [0.1, 0.15) is 17.8 Å². The first kappa shape index (κ1) is 14.4. The lowest BCUT2D eigenvalue weighted by molar-refractivity contribution is 0.395. The fourth-order valence-corrected chi connectivity index (χ4v) is 3.56. The molecule has 1 N–H and O–H groups in total. The summed E-state index contributed by atoms with van der Waals surface area (Å²) in [7, 11) is 3.33. The van der Waals surface area contributed by atoms with E-state index in [1.165, 1.54) is 17.8 Å². The molecule has 21 heavy (non-hydrogen) atoms. The highest BCUT2D eigenvalue weighted by Gasteiger charge is 2.17. The lowest BCUT2D eigenvalue weighted by atomic mass is 10.1. The smallest absolute Gasteiger partial charge is 0.131 e. The van der Waals surface area contributed by atoms with Crippen molar-refractivity contribution < 1.29 is 9.47 Å². The number of rotatable bonds is 5. The van der Waals surface area contributed by atoms with E-state index in [2.05, 4.69) is 10.7 Å². The van der Waals surface area contributed by atoms with Crippen LogP contribution in [-0.4, -0.2) is 31.8 Å². The lowest BCUT2D eigenvalue weighted by Crippen LogP contribution is -2.23. The second-order valence-electron chi connectivity index (χ2n) is 5.19. The zero-order valence-corrected chi connectivity index (χ0v) is 13.2. The van der Waals surface area contributed by atoms with E-state index in [0.717, 1.165) is 35.7 Å². The molecule has 4 nitrogen and oxygen atoms in total. The Balaban J connectivity index is 1.81. The maximum absolute atomic E-state index is 5.46. The Morgan fingerprint density at radius 1 is 1.33 bits per heavy atom. The Kier molecular flexibility index (Phi) is 4.41. The van der Waals surface area contributed by atoms with Crippen LogP contribution in [0.2, 0.25) is 0 Å². The van der Waals surface area contributed by atoms with Crippen LogP contribution in [0.3, 0.4) is 0 Å². The Labute approximate surface area is 129 Å². The summed E-state index contributed by atoms with van der Waals surface area (Å²) in [4.78, 5) is 4.77. The van der Waals surface area contributed by atoms with Gasteiger partial charge in [-0.3, -0.25) is 0 Å². The zero-order chi connectivity index (χ0) is 14.7.